The van der Waals surface area contributed by atoms with Crippen LogP contribution < -0.4 is 10.1 Å². The van der Waals surface area contributed by atoms with Gasteiger partial charge in [0.2, 0.25) is 0 Å². The van der Waals surface area contributed by atoms with E-state index in [0.717, 1.165) is 29.0 Å². The number of ether oxygens (including phenoxy) is 1. The molecule has 2 atom stereocenters. The van der Waals surface area contributed by atoms with Crippen LogP contribution in [0, 0.1) is 5.92 Å². The van der Waals surface area contributed by atoms with Crippen LogP contribution in [0.3, 0.4) is 0 Å². The number of aromatic amines is 1. The summed E-state index contributed by atoms with van der Waals surface area (Å²) in [4.78, 5) is 25.3. The van der Waals surface area contributed by atoms with E-state index in [2.05, 4.69) is 29.1 Å². The van der Waals surface area contributed by atoms with E-state index in [1.807, 2.05) is 41.8 Å². The molecule has 0 aliphatic rings. The average Bonchev–Trinajstić information content (AvgIpc) is 3.45. The SMILES string of the molecule is CCC(C)C(NC(=O)c1cccc(OCc2cscn2)c1)c1nc2ccccc2[nH]1. The summed E-state index contributed by atoms with van der Waals surface area (Å²) in [5.74, 6) is 1.48. The first-order valence-corrected chi connectivity index (χ1v) is 10.9. The van der Waals surface area contributed by atoms with Gasteiger partial charge < -0.3 is 15.0 Å². The van der Waals surface area contributed by atoms with E-state index in [0.29, 0.717) is 17.9 Å². The number of thiazole rings is 1. The topological polar surface area (TPSA) is 79.9 Å². The highest BCUT2D eigenvalue weighted by Crippen LogP contribution is 2.25. The largest absolute Gasteiger partial charge is 0.487 e. The number of aromatic nitrogens is 3. The molecular formula is C23H24N4O2S. The van der Waals surface area contributed by atoms with E-state index in [4.69, 9.17) is 9.72 Å². The summed E-state index contributed by atoms with van der Waals surface area (Å²) in [7, 11) is 0. The predicted octanol–water partition coefficient (Wildman–Crippen LogP) is 5.12. The molecule has 4 rings (SSSR count). The fourth-order valence-corrected chi connectivity index (χ4v) is 3.80. The highest BCUT2D eigenvalue weighted by Gasteiger charge is 2.24. The van der Waals surface area contributed by atoms with E-state index in [9.17, 15) is 4.79 Å². The second-order valence-corrected chi connectivity index (χ2v) is 7.99. The number of hydrogen-bond donors (Lipinski definition) is 2. The number of nitrogens with zero attached hydrogens (tertiary/aromatic N) is 2. The van der Waals surface area contributed by atoms with Crippen molar-refractivity contribution in [1.29, 1.82) is 0 Å². The molecule has 0 aliphatic carbocycles. The lowest BCUT2D eigenvalue weighted by Crippen LogP contribution is -2.33. The number of H-pyrrole nitrogens is 1. The fourth-order valence-electron chi connectivity index (χ4n) is 3.25. The lowest BCUT2D eigenvalue weighted by molar-refractivity contribution is 0.0920. The third kappa shape index (κ3) is 4.52. The summed E-state index contributed by atoms with van der Waals surface area (Å²) in [6, 6.07) is 14.9. The molecular weight excluding hydrogens is 396 g/mol. The molecule has 6 nitrogen and oxygen atoms in total. The predicted molar refractivity (Wildman–Crippen MR) is 119 cm³/mol. The van der Waals surface area contributed by atoms with Gasteiger partial charge in [-0.2, -0.15) is 0 Å². The van der Waals surface area contributed by atoms with Crippen LogP contribution in [0.5, 0.6) is 5.75 Å². The highest BCUT2D eigenvalue weighted by atomic mass is 32.1. The normalized spacial score (nSPS) is 13.1. The summed E-state index contributed by atoms with van der Waals surface area (Å²) in [5.41, 5.74) is 5.06. The standard InChI is InChI=1S/C23H24N4O2S/c1-3-15(2)21(22-25-19-9-4-5-10-20(19)26-22)27-23(28)16-7-6-8-18(11-16)29-12-17-13-30-14-24-17/h4-11,13-15,21H,3,12H2,1-2H3,(H,25,26)(H,27,28). The maximum Gasteiger partial charge on any atom is 0.252 e. The molecule has 30 heavy (non-hydrogen) atoms. The molecule has 154 valence electrons. The third-order valence-corrected chi connectivity index (χ3v) is 5.80. The summed E-state index contributed by atoms with van der Waals surface area (Å²) in [6.45, 7) is 4.61. The van der Waals surface area contributed by atoms with Crippen molar-refractivity contribution in [3.63, 3.8) is 0 Å². The van der Waals surface area contributed by atoms with Gasteiger partial charge in [0.25, 0.3) is 5.91 Å². The van der Waals surface area contributed by atoms with Crippen LogP contribution in [0.15, 0.2) is 59.4 Å². The molecule has 0 saturated carbocycles. The van der Waals surface area contributed by atoms with Crippen LogP contribution in [0.2, 0.25) is 0 Å². The Morgan fingerprint density at radius 1 is 1.23 bits per heavy atom. The Bertz CT molecular complexity index is 1090. The van der Waals surface area contributed by atoms with Crippen molar-refractivity contribution < 1.29 is 9.53 Å². The summed E-state index contributed by atoms with van der Waals surface area (Å²) in [5, 5.41) is 5.10. The van der Waals surface area contributed by atoms with Gasteiger partial charge in [0.15, 0.2) is 0 Å². The smallest absolute Gasteiger partial charge is 0.252 e. The molecule has 2 aromatic heterocycles. The molecule has 0 fully saturated rings. The zero-order valence-corrected chi connectivity index (χ0v) is 17.8. The number of amides is 1. The number of fused-ring (bicyclic) bond motifs is 1. The van der Waals surface area contributed by atoms with Gasteiger partial charge in [0.1, 0.15) is 18.2 Å². The van der Waals surface area contributed by atoms with E-state index < -0.39 is 0 Å². The molecule has 4 aromatic rings. The van der Waals surface area contributed by atoms with Crippen LogP contribution in [-0.2, 0) is 6.61 Å². The first kappa shape index (κ1) is 20.1. The monoisotopic (exact) mass is 420 g/mol. The molecule has 2 unspecified atom stereocenters. The summed E-state index contributed by atoms with van der Waals surface area (Å²) >= 11 is 1.53. The molecule has 2 aromatic carbocycles. The van der Waals surface area contributed by atoms with Gasteiger partial charge in [-0.3, -0.25) is 4.79 Å². The number of hydrogen-bond acceptors (Lipinski definition) is 5. The van der Waals surface area contributed by atoms with E-state index in [1.165, 1.54) is 11.3 Å². The number of benzene rings is 2. The molecule has 7 heteroatoms. The molecule has 0 bridgehead atoms. The Morgan fingerprint density at radius 2 is 2.10 bits per heavy atom. The highest BCUT2D eigenvalue weighted by molar-refractivity contribution is 7.07. The van der Waals surface area contributed by atoms with Gasteiger partial charge in [0.05, 0.1) is 28.3 Å². The van der Waals surface area contributed by atoms with Crippen LogP contribution in [0.1, 0.15) is 48.2 Å². The minimum Gasteiger partial charge on any atom is -0.487 e. The van der Waals surface area contributed by atoms with Gasteiger partial charge in [-0.1, -0.05) is 38.5 Å². The molecule has 2 N–H and O–H groups in total. The van der Waals surface area contributed by atoms with E-state index in [1.54, 1.807) is 17.6 Å². The maximum absolute atomic E-state index is 13.0. The first-order chi connectivity index (χ1) is 14.6. The lowest BCUT2D eigenvalue weighted by Gasteiger charge is -2.22. The zero-order valence-electron chi connectivity index (χ0n) is 17.0. The Morgan fingerprint density at radius 3 is 2.87 bits per heavy atom. The quantitative estimate of drug-likeness (QED) is 0.415. The van der Waals surface area contributed by atoms with E-state index in [-0.39, 0.29) is 17.9 Å². The van der Waals surface area contributed by atoms with Crippen LogP contribution >= 0.6 is 11.3 Å². The van der Waals surface area contributed by atoms with Crippen molar-refractivity contribution in [1.82, 2.24) is 20.3 Å². The number of rotatable bonds is 8. The first-order valence-electron chi connectivity index (χ1n) is 9.99. The van der Waals surface area contributed by atoms with Gasteiger partial charge in [-0.25, -0.2) is 9.97 Å². The molecule has 0 aliphatic heterocycles. The Hall–Kier alpha value is -3.19. The molecule has 1 amide bonds. The van der Waals surface area contributed by atoms with Gasteiger partial charge in [-0.05, 0) is 36.2 Å². The van der Waals surface area contributed by atoms with Crippen molar-refractivity contribution in [3.05, 3.63) is 76.5 Å². The minimum absolute atomic E-state index is 0.153. The van der Waals surface area contributed by atoms with Crippen molar-refractivity contribution in [2.24, 2.45) is 5.92 Å². The number of imidazole rings is 1. The fraction of sp³-hybridized carbons (Fsp3) is 0.261. The van der Waals surface area contributed by atoms with Crippen molar-refractivity contribution >= 4 is 28.3 Å². The van der Waals surface area contributed by atoms with Crippen LogP contribution in [0.4, 0.5) is 0 Å². The van der Waals surface area contributed by atoms with Crippen LogP contribution in [-0.4, -0.2) is 20.9 Å². The van der Waals surface area contributed by atoms with Gasteiger partial charge in [0, 0.05) is 10.9 Å². The summed E-state index contributed by atoms with van der Waals surface area (Å²) < 4.78 is 5.78. The zero-order chi connectivity index (χ0) is 20.9. The Labute approximate surface area is 179 Å². The van der Waals surface area contributed by atoms with Crippen molar-refractivity contribution in [3.8, 4) is 5.75 Å². The number of para-hydroxylation sites is 2. The average molecular weight is 421 g/mol. The number of carbonyl (C=O) groups is 1. The second kappa shape index (κ2) is 9.09. The summed E-state index contributed by atoms with van der Waals surface area (Å²) in [6.07, 6.45) is 0.915. The number of nitrogens with one attached hydrogen (secondary N) is 2. The molecule has 2 heterocycles. The molecule has 0 spiro atoms. The molecule has 0 radical (unpaired) electrons. The minimum atomic E-state index is -0.213. The van der Waals surface area contributed by atoms with Crippen LogP contribution in [0.25, 0.3) is 11.0 Å². The van der Waals surface area contributed by atoms with Crippen molar-refractivity contribution in [2.45, 2.75) is 32.9 Å². The third-order valence-electron chi connectivity index (χ3n) is 5.17. The Balaban J connectivity index is 1.51. The number of carbonyl (C=O) groups excluding carboxylic acids is 1. The van der Waals surface area contributed by atoms with Gasteiger partial charge >= 0.3 is 0 Å². The maximum atomic E-state index is 13.0. The Kier molecular flexibility index (Phi) is 6.09. The lowest BCUT2D eigenvalue weighted by atomic mass is 9.98. The molecule has 0 saturated heterocycles. The van der Waals surface area contributed by atoms with Gasteiger partial charge in [-0.15, -0.1) is 11.3 Å². The van der Waals surface area contributed by atoms with Crippen molar-refractivity contribution in [2.75, 3.05) is 0 Å². The second-order valence-electron chi connectivity index (χ2n) is 7.27. The van der Waals surface area contributed by atoms with E-state index >= 15 is 0 Å².